The second-order valence-electron chi connectivity index (χ2n) is 9.63. The minimum absolute atomic E-state index is 0.248. The molecule has 1 nitrogen and oxygen atoms in total. The normalized spacial score (nSPS) is 12.9. The molecule has 8 heteroatoms. The van der Waals surface area contributed by atoms with Crippen molar-refractivity contribution in [1.29, 1.82) is 0 Å². The third-order valence-corrected chi connectivity index (χ3v) is 11.7. The molecule has 0 fully saturated rings. The maximum Gasteiger partial charge on any atom is 0.455 e. The first-order valence-corrected chi connectivity index (χ1v) is 15.9. The van der Waals surface area contributed by atoms with Crippen molar-refractivity contribution in [2.75, 3.05) is 0 Å². The van der Waals surface area contributed by atoms with Crippen LogP contribution in [-0.4, -0.2) is 12.0 Å². The largest absolute Gasteiger partial charge is 0.455 e. The van der Waals surface area contributed by atoms with E-state index in [1.165, 1.54) is 52.2 Å². The van der Waals surface area contributed by atoms with Crippen molar-refractivity contribution >= 4 is 112 Å². The molecule has 0 atom stereocenters. The van der Waals surface area contributed by atoms with Crippen molar-refractivity contribution < 1.29 is 18.0 Å². The minimum atomic E-state index is -4.89. The Morgan fingerprint density at radius 3 is 1.84 bits per heavy atom. The Balaban J connectivity index is 1.74. The lowest BCUT2D eigenvalue weighted by molar-refractivity contribution is -0.0882. The number of thiophene rings is 4. The average molecular weight is 583 g/mol. The van der Waals surface area contributed by atoms with Crippen LogP contribution in [0.1, 0.15) is 47.5 Å². The van der Waals surface area contributed by atoms with Gasteiger partial charge in [0.15, 0.2) is 0 Å². The van der Waals surface area contributed by atoms with Crippen molar-refractivity contribution in [3.05, 3.63) is 57.8 Å². The summed E-state index contributed by atoms with van der Waals surface area (Å²) in [6, 6.07) is 12.0. The molecule has 0 amide bonds. The molecule has 192 valence electrons. The number of ketones is 1. The highest BCUT2D eigenvalue weighted by atomic mass is 32.1. The number of hydrogen-bond acceptors (Lipinski definition) is 5. The van der Waals surface area contributed by atoms with Gasteiger partial charge >= 0.3 is 6.18 Å². The molecule has 4 aromatic heterocycles. The number of carbonyl (C=O) groups excluding carboxylic acids is 1. The van der Waals surface area contributed by atoms with E-state index in [-0.39, 0.29) is 4.88 Å². The van der Waals surface area contributed by atoms with Crippen LogP contribution in [0.2, 0.25) is 0 Å². The van der Waals surface area contributed by atoms with Crippen LogP contribution in [-0.2, 0) is 12.8 Å². The Morgan fingerprint density at radius 2 is 1.26 bits per heavy atom. The summed E-state index contributed by atoms with van der Waals surface area (Å²) < 4.78 is 46.8. The summed E-state index contributed by atoms with van der Waals surface area (Å²) in [5, 5.41) is 8.69. The zero-order valence-electron chi connectivity index (χ0n) is 20.5. The van der Waals surface area contributed by atoms with Crippen LogP contribution in [0.25, 0.3) is 60.5 Å². The molecule has 38 heavy (non-hydrogen) atoms. The molecular weight excluding hydrogens is 562 g/mol. The second kappa shape index (κ2) is 8.74. The Hall–Kier alpha value is -2.52. The second-order valence-corrected chi connectivity index (χ2v) is 13.8. The van der Waals surface area contributed by atoms with Gasteiger partial charge in [0, 0.05) is 60.5 Å². The molecule has 0 unspecified atom stereocenters. The van der Waals surface area contributed by atoms with Gasteiger partial charge in [-0.25, -0.2) is 0 Å². The van der Waals surface area contributed by atoms with Crippen molar-refractivity contribution in [3.63, 3.8) is 0 Å². The number of carbonyl (C=O) groups is 1. The summed E-state index contributed by atoms with van der Waals surface area (Å²) >= 11 is 6.25. The molecule has 0 N–H and O–H groups in total. The lowest BCUT2D eigenvalue weighted by atomic mass is 9.92. The molecule has 7 aromatic rings. The van der Waals surface area contributed by atoms with E-state index in [4.69, 9.17) is 0 Å². The first kappa shape index (κ1) is 24.5. The average Bonchev–Trinajstić information content (AvgIpc) is 3.65. The number of Topliss-reactive ketones (excluding diaryl/α,β-unsaturated/α-hetero) is 1. The minimum Gasteiger partial charge on any atom is -0.283 e. The third-order valence-electron chi connectivity index (χ3n) is 7.28. The molecular formula is C30H21F3OS4. The number of halogens is 3. The molecule has 0 aliphatic rings. The van der Waals surface area contributed by atoms with Gasteiger partial charge in [-0.15, -0.1) is 45.3 Å². The smallest absolute Gasteiger partial charge is 0.283 e. The fraction of sp³-hybridized carbons (Fsp3) is 0.233. The van der Waals surface area contributed by atoms with E-state index >= 15 is 0 Å². The Bertz CT molecular complexity index is 2070. The van der Waals surface area contributed by atoms with E-state index in [0.717, 1.165) is 57.9 Å². The summed E-state index contributed by atoms with van der Waals surface area (Å²) in [4.78, 5) is 11.9. The lowest BCUT2D eigenvalue weighted by Crippen LogP contribution is -2.21. The van der Waals surface area contributed by atoms with Crippen LogP contribution in [0.3, 0.4) is 0 Å². The van der Waals surface area contributed by atoms with Crippen LogP contribution >= 0.6 is 45.3 Å². The highest BCUT2D eigenvalue weighted by Crippen LogP contribution is 2.52. The fourth-order valence-corrected chi connectivity index (χ4v) is 10.3. The maximum atomic E-state index is 13.3. The van der Waals surface area contributed by atoms with Crippen LogP contribution < -0.4 is 0 Å². The van der Waals surface area contributed by atoms with Gasteiger partial charge in [0.1, 0.15) is 0 Å². The Kier molecular flexibility index (Phi) is 5.64. The number of hydrogen-bond donors (Lipinski definition) is 0. The lowest BCUT2D eigenvalue weighted by Gasteiger charge is -2.13. The topological polar surface area (TPSA) is 17.1 Å². The molecule has 0 saturated carbocycles. The van der Waals surface area contributed by atoms with Crippen molar-refractivity contribution in [3.8, 4) is 0 Å². The molecule has 0 bridgehead atoms. The summed E-state index contributed by atoms with van der Waals surface area (Å²) in [7, 11) is 0. The van der Waals surface area contributed by atoms with Gasteiger partial charge < -0.3 is 0 Å². The molecule has 7 rings (SSSR count). The van der Waals surface area contributed by atoms with Crippen LogP contribution in [0.4, 0.5) is 13.2 Å². The van der Waals surface area contributed by atoms with Gasteiger partial charge in [0.2, 0.25) is 0 Å². The molecule has 0 saturated heterocycles. The molecule has 0 spiro atoms. The quantitative estimate of drug-likeness (QED) is 0.185. The molecule has 4 heterocycles. The first-order chi connectivity index (χ1) is 18.3. The summed E-state index contributed by atoms with van der Waals surface area (Å²) in [6.07, 6.45) is -0.873. The number of aryl methyl sites for hydroxylation is 2. The number of alkyl halides is 3. The van der Waals surface area contributed by atoms with Crippen molar-refractivity contribution in [1.82, 2.24) is 0 Å². The van der Waals surface area contributed by atoms with Gasteiger partial charge in [-0.2, -0.15) is 13.2 Å². The number of fused-ring (bicyclic) bond motifs is 11. The molecule has 0 radical (unpaired) electrons. The Labute approximate surface area is 232 Å². The van der Waals surface area contributed by atoms with Crippen molar-refractivity contribution in [2.24, 2.45) is 0 Å². The number of benzene rings is 3. The summed E-state index contributed by atoms with van der Waals surface area (Å²) in [5.41, 5.74) is 2.80. The Morgan fingerprint density at radius 1 is 0.711 bits per heavy atom. The highest BCUT2D eigenvalue weighted by Gasteiger charge is 2.40. The van der Waals surface area contributed by atoms with Gasteiger partial charge in [0.25, 0.3) is 5.78 Å². The van der Waals surface area contributed by atoms with Gasteiger partial charge in [-0.05, 0) is 65.7 Å². The predicted octanol–water partition coefficient (Wildman–Crippen LogP) is 11.5. The maximum absolute atomic E-state index is 13.3. The van der Waals surface area contributed by atoms with Crippen LogP contribution in [0.15, 0.2) is 41.8 Å². The SMILES string of the molecule is CCCc1c(CCC)c2sc3ccc4sc(C(=O)C(F)(F)F)cc4c3c2c2c1sc1ccc3sccc3c12. The number of rotatable bonds is 5. The fourth-order valence-electron chi connectivity index (χ4n) is 5.81. The van der Waals surface area contributed by atoms with Gasteiger partial charge in [0.05, 0.1) is 4.88 Å². The van der Waals surface area contributed by atoms with E-state index < -0.39 is 12.0 Å². The summed E-state index contributed by atoms with van der Waals surface area (Å²) in [6.45, 7) is 4.42. The predicted molar refractivity (Wildman–Crippen MR) is 161 cm³/mol. The van der Waals surface area contributed by atoms with E-state index in [1.54, 1.807) is 22.7 Å². The van der Waals surface area contributed by atoms with E-state index in [0.29, 0.717) is 4.70 Å². The summed E-state index contributed by atoms with van der Waals surface area (Å²) in [5.74, 6) is -1.77. The van der Waals surface area contributed by atoms with E-state index in [9.17, 15) is 18.0 Å². The van der Waals surface area contributed by atoms with E-state index in [2.05, 4.69) is 37.4 Å². The molecule has 0 aliphatic carbocycles. The van der Waals surface area contributed by atoms with Crippen molar-refractivity contribution in [2.45, 2.75) is 45.7 Å². The molecule has 0 aliphatic heterocycles. The third kappa shape index (κ3) is 3.43. The zero-order chi connectivity index (χ0) is 26.3. The van der Waals surface area contributed by atoms with Gasteiger partial charge in [-0.3, -0.25) is 4.79 Å². The monoisotopic (exact) mass is 582 g/mol. The first-order valence-electron chi connectivity index (χ1n) is 12.6. The standard InChI is InChI=1S/C30H21F3OS4/c1-3-5-14-15(6-4-2)28-26(25-23-16-11-12-35-18(16)7-9-20(23)37-27(14)25)24-17-13-22(29(34)30(31,32)33)36-19(17)8-10-21(24)38-28/h7-13H,3-6H2,1-2H3. The highest BCUT2D eigenvalue weighted by molar-refractivity contribution is 7.29. The van der Waals surface area contributed by atoms with Crippen LogP contribution in [0, 0.1) is 0 Å². The zero-order valence-corrected chi connectivity index (χ0v) is 23.8. The van der Waals surface area contributed by atoms with Gasteiger partial charge in [-0.1, -0.05) is 26.7 Å². The van der Waals surface area contributed by atoms with E-state index in [1.807, 2.05) is 23.5 Å². The van der Waals surface area contributed by atoms with Crippen LogP contribution in [0.5, 0.6) is 0 Å². The molecule has 3 aromatic carbocycles.